The Bertz CT molecular complexity index is 755. The average molecular weight is 300 g/mol. The van der Waals surface area contributed by atoms with Crippen LogP contribution in [-0.2, 0) is 4.74 Å². The van der Waals surface area contributed by atoms with Crippen molar-refractivity contribution in [1.29, 1.82) is 0 Å². The fourth-order valence-corrected chi connectivity index (χ4v) is 1.76. The first-order valence-corrected chi connectivity index (χ1v) is 6.85. The molecule has 0 unspecified atom stereocenters. The highest BCUT2D eigenvalue weighted by Gasteiger charge is 2.15. The topological polar surface area (TPSA) is 51.2 Å². The zero-order valence-electron chi connectivity index (χ0n) is 12.7. The highest BCUT2D eigenvalue weighted by molar-refractivity contribution is 5.80. The van der Waals surface area contributed by atoms with Gasteiger partial charge in [-0.2, -0.15) is 0 Å². The molecule has 1 aromatic heterocycles. The summed E-state index contributed by atoms with van der Waals surface area (Å²) in [6, 6.07) is 6.60. The molecule has 5 heteroatoms. The lowest BCUT2D eigenvalue weighted by Crippen LogP contribution is -2.32. The van der Waals surface area contributed by atoms with E-state index in [0.29, 0.717) is 5.52 Å². The number of alkyl carbamates (subject to hydrolysis) is 1. The standard InChI is InChI=1S/C17H17FN2O2/c1-17(2,3)22-16(21)20-9-4-6-12-10-13-7-5-8-19-15(13)11-14(12)18/h5,7-8,10-11H,9H2,1-3H3,(H,20,21). The fraction of sp³-hybridized carbons (Fsp3) is 0.294. The number of aromatic nitrogens is 1. The largest absolute Gasteiger partial charge is 0.444 e. The quantitative estimate of drug-likeness (QED) is 0.823. The molecule has 22 heavy (non-hydrogen) atoms. The molecule has 0 aliphatic rings. The molecule has 0 aliphatic carbocycles. The first-order valence-electron chi connectivity index (χ1n) is 6.85. The fourth-order valence-electron chi connectivity index (χ4n) is 1.76. The van der Waals surface area contributed by atoms with Crippen LogP contribution in [0.3, 0.4) is 0 Å². The number of nitrogens with zero attached hydrogens (tertiary/aromatic N) is 1. The second kappa shape index (κ2) is 6.44. The summed E-state index contributed by atoms with van der Waals surface area (Å²) >= 11 is 0. The Labute approximate surface area is 128 Å². The molecule has 0 saturated heterocycles. The van der Waals surface area contributed by atoms with Crippen molar-refractivity contribution >= 4 is 17.0 Å². The van der Waals surface area contributed by atoms with Gasteiger partial charge < -0.3 is 10.1 Å². The summed E-state index contributed by atoms with van der Waals surface area (Å²) in [6.07, 6.45) is 1.06. The number of benzene rings is 1. The molecule has 0 atom stereocenters. The van der Waals surface area contributed by atoms with Crippen molar-refractivity contribution in [3.05, 3.63) is 41.8 Å². The van der Waals surface area contributed by atoms with Gasteiger partial charge >= 0.3 is 6.09 Å². The minimum absolute atomic E-state index is 0.0828. The minimum atomic E-state index is -0.561. The SMILES string of the molecule is CC(C)(C)OC(=O)NCC#Cc1cc2cccnc2cc1F. The molecular formula is C17H17FN2O2. The molecule has 4 nitrogen and oxygen atoms in total. The van der Waals surface area contributed by atoms with Crippen LogP contribution < -0.4 is 5.32 Å². The Morgan fingerprint density at radius 3 is 2.91 bits per heavy atom. The molecule has 1 amide bonds. The van der Waals surface area contributed by atoms with Gasteiger partial charge in [-0.15, -0.1) is 0 Å². The molecule has 0 saturated carbocycles. The van der Waals surface area contributed by atoms with E-state index in [4.69, 9.17) is 4.74 Å². The molecule has 1 heterocycles. The second-order valence-electron chi connectivity index (χ2n) is 5.69. The van der Waals surface area contributed by atoms with Gasteiger partial charge in [-0.05, 0) is 32.9 Å². The van der Waals surface area contributed by atoms with Gasteiger partial charge in [-0.1, -0.05) is 17.9 Å². The minimum Gasteiger partial charge on any atom is -0.444 e. The van der Waals surface area contributed by atoms with Gasteiger partial charge in [0.2, 0.25) is 0 Å². The van der Waals surface area contributed by atoms with Crippen LogP contribution in [0.25, 0.3) is 10.9 Å². The number of halogens is 1. The van der Waals surface area contributed by atoms with Crippen LogP contribution in [0.5, 0.6) is 0 Å². The Morgan fingerprint density at radius 1 is 1.41 bits per heavy atom. The third-order valence-corrected chi connectivity index (χ3v) is 2.63. The number of pyridine rings is 1. The maximum absolute atomic E-state index is 13.9. The van der Waals surface area contributed by atoms with Gasteiger partial charge in [-0.3, -0.25) is 4.98 Å². The summed E-state index contributed by atoms with van der Waals surface area (Å²) in [5.74, 6) is 4.97. The number of ether oxygens (including phenoxy) is 1. The van der Waals surface area contributed by atoms with E-state index in [1.54, 1.807) is 39.1 Å². The number of hydrogen-bond donors (Lipinski definition) is 1. The molecular weight excluding hydrogens is 283 g/mol. The maximum Gasteiger partial charge on any atom is 0.408 e. The summed E-state index contributed by atoms with van der Waals surface area (Å²) < 4.78 is 18.9. The Kier molecular flexibility index (Phi) is 4.62. The molecule has 0 radical (unpaired) electrons. The molecule has 0 aliphatic heterocycles. The number of carbonyl (C=O) groups excluding carboxylic acids is 1. The molecule has 0 fully saturated rings. The van der Waals surface area contributed by atoms with Gasteiger partial charge in [0.15, 0.2) is 0 Å². The lowest BCUT2D eigenvalue weighted by atomic mass is 10.1. The van der Waals surface area contributed by atoms with Crippen LogP contribution in [0.2, 0.25) is 0 Å². The smallest absolute Gasteiger partial charge is 0.408 e. The zero-order valence-corrected chi connectivity index (χ0v) is 12.7. The number of carbonyl (C=O) groups is 1. The van der Waals surface area contributed by atoms with E-state index in [2.05, 4.69) is 22.1 Å². The van der Waals surface area contributed by atoms with E-state index in [-0.39, 0.29) is 12.1 Å². The highest BCUT2D eigenvalue weighted by Crippen LogP contribution is 2.16. The first-order chi connectivity index (χ1) is 10.3. The van der Waals surface area contributed by atoms with Gasteiger partial charge in [0.1, 0.15) is 11.4 Å². The van der Waals surface area contributed by atoms with Crippen LogP contribution >= 0.6 is 0 Å². The monoisotopic (exact) mass is 300 g/mol. The molecule has 0 spiro atoms. The molecule has 2 aromatic rings. The third kappa shape index (κ3) is 4.45. The Hall–Kier alpha value is -2.61. The molecule has 1 N–H and O–H groups in total. The van der Waals surface area contributed by atoms with Crippen molar-refractivity contribution in [3.63, 3.8) is 0 Å². The van der Waals surface area contributed by atoms with Gasteiger partial charge in [0, 0.05) is 17.6 Å². The summed E-state index contributed by atoms with van der Waals surface area (Å²) in [4.78, 5) is 15.5. The van der Waals surface area contributed by atoms with E-state index in [0.717, 1.165) is 5.39 Å². The number of nitrogens with one attached hydrogen (secondary N) is 1. The number of amides is 1. The van der Waals surface area contributed by atoms with Crippen LogP contribution in [0.1, 0.15) is 26.3 Å². The van der Waals surface area contributed by atoms with E-state index in [1.807, 2.05) is 6.07 Å². The summed E-state index contributed by atoms with van der Waals surface area (Å²) in [5, 5.41) is 3.31. The van der Waals surface area contributed by atoms with E-state index in [9.17, 15) is 9.18 Å². The van der Waals surface area contributed by atoms with Crippen LogP contribution in [0.15, 0.2) is 30.5 Å². The molecule has 114 valence electrons. The van der Waals surface area contributed by atoms with E-state index < -0.39 is 17.5 Å². The predicted octanol–water partition coefficient (Wildman–Crippen LogP) is 3.25. The Balaban J connectivity index is 2.03. The first kappa shape index (κ1) is 15.8. The van der Waals surface area contributed by atoms with Gasteiger partial charge in [0.25, 0.3) is 0 Å². The summed E-state index contributed by atoms with van der Waals surface area (Å²) in [7, 11) is 0. The van der Waals surface area contributed by atoms with Gasteiger partial charge in [-0.25, -0.2) is 9.18 Å². The highest BCUT2D eigenvalue weighted by atomic mass is 19.1. The van der Waals surface area contributed by atoms with Gasteiger partial charge in [0.05, 0.1) is 17.6 Å². The third-order valence-electron chi connectivity index (χ3n) is 2.63. The molecule has 1 aromatic carbocycles. The van der Waals surface area contributed by atoms with E-state index in [1.165, 1.54) is 6.07 Å². The normalized spacial score (nSPS) is 10.7. The lowest BCUT2D eigenvalue weighted by Gasteiger charge is -2.18. The number of rotatable bonds is 1. The van der Waals surface area contributed by atoms with Crippen LogP contribution in [0.4, 0.5) is 9.18 Å². The molecule has 0 bridgehead atoms. The average Bonchev–Trinajstić information content (AvgIpc) is 2.42. The van der Waals surface area contributed by atoms with Crippen molar-refractivity contribution in [3.8, 4) is 11.8 Å². The van der Waals surface area contributed by atoms with Crippen molar-refractivity contribution in [2.24, 2.45) is 0 Å². The number of hydrogen-bond acceptors (Lipinski definition) is 3. The summed E-state index contributed by atoms with van der Waals surface area (Å²) in [6.45, 7) is 5.41. The van der Waals surface area contributed by atoms with Crippen LogP contribution in [0, 0.1) is 17.7 Å². The lowest BCUT2D eigenvalue weighted by molar-refractivity contribution is 0.0535. The Morgan fingerprint density at radius 2 is 2.18 bits per heavy atom. The van der Waals surface area contributed by atoms with Crippen molar-refractivity contribution < 1.29 is 13.9 Å². The number of fused-ring (bicyclic) bond motifs is 1. The summed E-state index contributed by atoms with van der Waals surface area (Å²) in [5.41, 5.74) is 0.290. The zero-order chi connectivity index (χ0) is 16.2. The predicted molar refractivity (Wildman–Crippen MR) is 82.8 cm³/mol. The van der Waals surface area contributed by atoms with Crippen molar-refractivity contribution in [1.82, 2.24) is 10.3 Å². The second-order valence-corrected chi connectivity index (χ2v) is 5.69. The van der Waals surface area contributed by atoms with E-state index >= 15 is 0 Å². The van der Waals surface area contributed by atoms with Crippen LogP contribution in [-0.4, -0.2) is 23.2 Å². The maximum atomic E-state index is 13.9. The van der Waals surface area contributed by atoms with Crippen molar-refractivity contribution in [2.75, 3.05) is 6.54 Å². The molecule has 2 rings (SSSR count). The van der Waals surface area contributed by atoms with Crippen molar-refractivity contribution in [2.45, 2.75) is 26.4 Å².